The Bertz CT molecular complexity index is 126. The van der Waals surface area contributed by atoms with E-state index >= 15 is 0 Å². The number of hydrogen-bond donors (Lipinski definition) is 1. The van der Waals surface area contributed by atoms with Crippen LogP contribution in [0.1, 0.15) is 38.5 Å². The Morgan fingerprint density at radius 1 is 1.08 bits per heavy atom. The molecule has 0 aromatic heterocycles. The molecule has 0 aromatic carbocycles. The Labute approximate surface area is 75.6 Å². The van der Waals surface area contributed by atoms with Gasteiger partial charge in [0.15, 0.2) is 0 Å². The van der Waals surface area contributed by atoms with Crippen molar-refractivity contribution in [3.05, 3.63) is 0 Å². The highest BCUT2D eigenvalue weighted by atomic mass is 16.3. The molecule has 1 aliphatic rings. The van der Waals surface area contributed by atoms with Gasteiger partial charge in [-0.3, -0.25) is 0 Å². The highest BCUT2D eigenvalue weighted by molar-refractivity contribution is 4.88. The van der Waals surface area contributed by atoms with Gasteiger partial charge in [-0.1, -0.05) is 25.7 Å². The fourth-order valence-corrected chi connectivity index (χ4v) is 2.13. The van der Waals surface area contributed by atoms with Gasteiger partial charge in [0.25, 0.3) is 0 Å². The molecular formula is C10H21NO. The SMILES string of the molecule is CN(C)C1(CO)CCCCCC1. The molecule has 0 radical (unpaired) electrons. The highest BCUT2D eigenvalue weighted by Gasteiger charge is 2.31. The Morgan fingerprint density at radius 2 is 1.58 bits per heavy atom. The lowest BCUT2D eigenvalue weighted by Gasteiger charge is -2.37. The molecule has 1 aliphatic carbocycles. The van der Waals surface area contributed by atoms with E-state index in [4.69, 9.17) is 0 Å². The van der Waals surface area contributed by atoms with E-state index in [1.807, 2.05) is 0 Å². The molecule has 0 atom stereocenters. The number of aliphatic hydroxyl groups excluding tert-OH is 1. The minimum atomic E-state index is 0.0938. The van der Waals surface area contributed by atoms with Crippen LogP contribution >= 0.6 is 0 Å². The van der Waals surface area contributed by atoms with Crippen LogP contribution in [0.4, 0.5) is 0 Å². The van der Waals surface area contributed by atoms with E-state index in [2.05, 4.69) is 19.0 Å². The van der Waals surface area contributed by atoms with Crippen molar-refractivity contribution >= 4 is 0 Å². The van der Waals surface area contributed by atoms with E-state index in [1.165, 1.54) is 25.7 Å². The lowest BCUT2D eigenvalue weighted by molar-refractivity contribution is 0.0545. The van der Waals surface area contributed by atoms with Crippen molar-refractivity contribution in [3.8, 4) is 0 Å². The van der Waals surface area contributed by atoms with Gasteiger partial charge in [0.2, 0.25) is 0 Å². The Hall–Kier alpha value is -0.0800. The van der Waals surface area contributed by atoms with Gasteiger partial charge in [0.1, 0.15) is 0 Å². The van der Waals surface area contributed by atoms with E-state index in [1.54, 1.807) is 0 Å². The molecule has 0 spiro atoms. The van der Waals surface area contributed by atoms with Crippen LogP contribution in [0.25, 0.3) is 0 Å². The van der Waals surface area contributed by atoms with Crippen molar-refractivity contribution in [1.82, 2.24) is 4.90 Å². The third-order valence-corrected chi connectivity index (χ3v) is 3.28. The van der Waals surface area contributed by atoms with Crippen LogP contribution in [-0.2, 0) is 0 Å². The third kappa shape index (κ3) is 1.99. The summed E-state index contributed by atoms with van der Waals surface area (Å²) in [5, 5.41) is 9.40. The smallest absolute Gasteiger partial charge is 0.0615 e. The Balaban J connectivity index is 2.61. The second kappa shape index (κ2) is 4.24. The first-order valence-corrected chi connectivity index (χ1v) is 4.99. The predicted molar refractivity (Wildman–Crippen MR) is 51.2 cm³/mol. The molecule has 0 amide bonds. The lowest BCUT2D eigenvalue weighted by atomic mass is 9.90. The summed E-state index contributed by atoms with van der Waals surface area (Å²) in [6, 6.07) is 0. The average Bonchev–Trinajstić information content (AvgIpc) is 2.29. The Kier molecular flexibility index (Phi) is 3.53. The number of aliphatic hydroxyl groups is 1. The van der Waals surface area contributed by atoms with Gasteiger partial charge in [-0.2, -0.15) is 0 Å². The summed E-state index contributed by atoms with van der Waals surface area (Å²) in [5.41, 5.74) is 0.0938. The van der Waals surface area contributed by atoms with Gasteiger partial charge in [-0.05, 0) is 26.9 Å². The summed E-state index contributed by atoms with van der Waals surface area (Å²) < 4.78 is 0. The van der Waals surface area contributed by atoms with E-state index in [-0.39, 0.29) is 5.54 Å². The number of likely N-dealkylation sites (N-methyl/N-ethyl adjacent to an activating group) is 1. The van der Waals surface area contributed by atoms with Crippen LogP contribution in [-0.4, -0.2) is 36.2 Å². The zero-order chi connectivity index (χ0) is 9.03. The molecule has 2 nitrogen and oxygen atoms in total. The van der Waals surface area contributed by atoms with Crippen molar-refractivity contribution < 1.29 is 5.11 Å². The first kappa shape index (κ1) is 10.0. The summed E-state index contributed by atoms with van der Waals surface area (Å²) in [6.07, 6.45) is 7.57. The first-order valence-electron chi connectivity index (χ1n) is 4.99. The molecule has 0 bridgehead atoms. The maximum atomic E-state index is 9.40. The zero-order valence-electron chi connectivity index (χ0n) is 8.34. The molecule has 12 heavy (non-hydrogen) atoms. The molecule has 0 aromatic rings. The second-order valence-corrected chi connectivity index (χ2v) is 4.19. The van der Waals surface area contributed by atoms with Crippen LogP contribution in [0.3, 0.4) is 0 Å². The summed E-state index contributed by atoms with van der Waals surface area (Å²) in [5.74, 6) is 0. The molecule has 1 fully saturated rings. The third-order valence-electron chi connectivity index (χ3n) is 3.28. The molecule has 2 heteroatoms. The van der Waals surface area contributed by atoms with Gasteiger partial charge in [-0.15, -0.1) is 0 Å². The maximum Gasteiger partial charge on any atom is 0.0615 e. The zero-order valence-corrected chi connectivity index (χ0v) is 8.34. The summed E-state index contributed by atoms with van der Waals surface area (Å²) in [7, 11) is 4.17. The standard InChI is InChI=1S/C10H21NO/c1-11(2)10(9-12)7-5-3-4-6-8-10/h12H,3-9H2,1-2H3. The minimum Gasteiger partial charge on any atom is -0.394 e. The van der Waals surface area contributed by atoms with Crippen molar-refractivity contribution in [2.75, 3.05) is 20.7 Å². The topological polar surface area (TPSA) is 23.5 Å². The van der Waals surface area contributed by atoms with Crippen LogP contribution in [0.5, 0.6) is 0 Å². The molecule has 1 rings (SSSR count). The van der Waals surface area contributed by atoms with Gasteiger partial charge in [0.05, 0.1) is 6.61 Å². The maximum absolute atomic E-state index is 9.40. The van der Waals surface area contributed by atoms with Crippen LogP contribution in [0, 0.1) is 0 Å². The van der Waals surface area contributed by atoms with Gasteiger partial charge in [0, 0.05) is 5.54 Å². The van der Waals surface area contributed by atoms with E-state index < -0.39 is 0 Å². The largest absolute Gasteiger partial charge is 0.394 e. The van der Waals surface area contributed by atoms with Crippen LogP contribution in [0.15, 0.2) is 0 Å². The summed E-state index contributed by atoms with van der Waals surface area (Å²) in [4.78, 5) is 2.21. The molecule has 1 saturated carbocycles. The van der Waals surface area contributed by atoms with Crippen LogP contribution < -0.4 is 0 Å². The molecule has 0 aliphatic heterocycles. The molecular weight excluding hydrogens is 150 g/mol. The molecule has 0 heterocycles. The lowest BCUT2D eigenvalue weighted by Crippen LogP contribution is -2.47. The first-order chi connectivity index (χ1) is 5.71. The molecule has 0 unspecified atom stereocenters. The van der Waals surface area contributed by atoms with Gasteiger partial charge in [-0.25, -0.2) is 0 Å². The quantitative estimate of drug-likeness (QED) is 0.638. The second-order valence-electron chi connectivity index (χ2n) is 4.19. The Morgan fingerprint density at radius 3 is 1.92 bits per heavy atom. The summed E-state index contributed by atoms with van der Waals surface area (Å²) in [6.45, 7) is 0.319. The number of rotatable bonds is 2. The van der Waals surface area contributed by atoms with E-state index in [0.717, 1.165) is 12.8 Å². The highest BCUT2D eigenvalue weighted by Crippen LogP contribution is 2.30. The fourth-order valence-electron chi connectivity index (χ4n) is 2.13. The van der Waals surface area contributed by atoms with Crippen molar-refractivity contribution in [3.63, 3.8) is 0 Å². The average molecular weight is 171 g/mol. The van der Waals surface area contributed by atoms with Gasteiger partial charge >= 0.3 is 0 Å². The van der Waals surface area contributed by atoms with Crippen molar-refractivity contribution in [1.29, 1.82) is 0 Å². The fraction of sp³-hybridized carbons (Fsp3) is 1.00. The minimum absolute atomic E-state index is 0.0938. The monoisotopic (exact) mass is 171 g/mol. The summed E-state index contributed by atoms with van der Waals surface area (Å²) >= 11 is 0. The van der Waals surface area contributed by atoms with E-state index in [9.17, 15) is 5.11 Å². The predicted octanol–water partition coefficient (Wildman–Crippen LogP) is 1.63. The molecule has 0 saturated heterocycles. The normalized spacial score (nSPS) is 24.0. The van der Waals surface area contributed by atoms with E-state index in [0.29, 0.717) is 6.61 Å². The van der Waals surface area contributed by atoms with Gasteiger partial charge < -0.3 is 10.0 Å². The van der Waals surface area contributed by atoms with Crippen molar-refractivity contribution in [2.24, 2.45) is 0 Å². The van der Waals surface area contributed by atoms with Crippen LogP contribution in [0.2, 0.25) is 0 Å². The van der Waals surface area contributed by atoms with Crippen molar-refractivity contribution in [2.45, 2.75) is 44.1 Å². The number of nitrogens with zero attached hydrogens (tertiary/aromatic N) is 1. The number of hydrogen-bond acceptors (Lipinski definition) is 2. The molecule has 1 N–H and O–H groups in total. The molecule has 72 valence electrons.